The van der Waals surface area contributed by atoms with Crippen molar-refractivity contribution in [2.24, 2.45) is 7.05 Å². The van der Waals surface area contributed by atoms with E-state index in [2.05, 4.69) is 11.7 Å². The van der Waals surface area contributed by atoms with Gasteiger partial charge in [-0.2, -0.15) is 10.2 Å². The van der Waals surface area contributed by atoms with Crippen LogP contribution in [0.4, 0.5) is 8.78 Å². The van der Waals surface area contributed by atoms with Gasteiger partial charge in [-0.3, -0.25) is 14.2 Å². The fourth-order valence-electron chi connectivity index (χ4n) is 6.37. The van der Waals surface area contributed by atoms with Crippen LogP contribution in [-0.2, 0) is 16.6 Å². The molecule has 47 heavy (non-hydrogen) atoms. The second-order valence-electron chi connectivity index (χ2n) is 11.6. The summed E-state index contributed by atoms with van der Waals surface area (Å²) in [5.41, 5.74) is 4.29. The summed E-state index contributed by atoms with van der Waals surface area (Å²) < 4.78 is 51.4. The van der Waals surface area contributed by atoms with Crippen LogP contribution in [0.15, 0.2) is 72.0 Å². The number of amides is 1. The Labute approximate surface area is 268 Å². The first-order chi connectivity index (χ1) is 22.7. The van der Waals surface area contributed by atoms with Crippen molar-refractivity contribution in [3.8, 4) is 39.5 Å². The van der Waals surface area contributed by atoms with Gasteiger partial charge in [-0.05, 0) is 38.1 Å². The number of aromatic nitrogens is 5. The maximum Gasteiger partial charge on any atom is 0.246 e. The van der Waals surface area contributed by atoms with Crippen LogP contribution in [0.2, 0.25) is 0 Å². The van der Waals surface area contributed by atoms with Crippen LogP contribution in [-0.4, -0.2) is 62.2 Å². The van der Waals surface area contributed by atoms with Crippen LogP contribution in [0.3, 0.4) is 0 Å². The monoisotopic (exact) mass is 638 g/mol. The minimum atomic E-state index is -0.834. The van der Waals surface area contributed by atoms with E-state index in [4.69, 9.17) is 24.0 Å². The second-order valence-corrected chi connectivity index (χ2v) is 11.6. The number of rotatable bonds is 8. The Morgan fingerprint density at radius 3 is 2.70 bits per heavy atom. The Balaban J connectivity index is 1.52. The number of methoxy groups -OCH3 is 1. The largest absolute Gasteiger partial charge is 0.490 e. The molecule has 0 saturated heterocycles. The van der Waals surface area contributed by atoms with Gasteiger partial charge in [-0.1, -0.05) is 18.7 Å². The lowest BCUT2D eigenvalue weighted by Gasteiger charge is -2.36. The van der Waals surface area contributed by atoms with E-state index < -0.39 is 11.6 Å². The first-order valence-corrected chi connectivity index (χ1v) is 15.2. The van der Waals surface area contributed by atoms with Crippen molar-refractivity contribution in [1.29, 1.82) is 0 Å². The zero-order chi connectivity index (χ0) is 33.0. The molecular weight excluding hydrogens is 606 g/mol. The van der Waals surface area contributed by atoms with Crippen molar-refractivity contribution in [2.75, 3.05) is 26.9 Å². The normalized spacial score (nSPS) is 16.2. The van der Waals surface area contributed by atoms with Gasteiger partial charge in [-0.25, -0.2) is 13.8 Å². The Hall–Kier alpha value is -5.36. The first-order valence-electron chi connectivity index (χ1n) is 15.2. The third-order valence-corrected chi connectivity index (χ3v) is 8.56. The third-order valence-electron chi connectivity index (χ3n) is 8.56. The minimum Gasteiger partial charge on any atom is -0.490 e. The molecule has 5 heterocycles. The van der Waals surface area contributed by atoms with E-state index in [0.29, 0.717) is 40.2 Å². The van der Waals surface area contributed by atoms with Gasteiger partial charge in [0.2, 0.25) is 5.91 Å². The highest BCUT2D eigenvalue weighted by molar-refractivity contribution is 6.07. The number of carbonyl (C=O) groups is 1. The molecule has 240 valence electrons. The first kappa shape index (κ1) is 30.3. The summed E-state index contributed by atoms with van der Waals surface area (Å²) in [7, 11) is 3.37. The SMILES string of the molecule is C=CC(=O)N1C[C@H](C)n2nc(-c3nc(-c4ccc5cn(C)nc5c4)c4occc4c3-c3c(F)cc(F)cc3OCCOC)cc2[C@H]1C. The number of fused-ring (bicyclic) bond motifs is 3. The highest BCUT2D eigenvalue weighted by Crippen LogP contribution is 2.46. The molecule has 0 saturated carbocycles. The van der Waals surface area contributed by atoms with Gasteiger partial charge in [0.15, 0.2) is 5.58 Å². The second kappa shape index (κ2) is 11.8. The number of halogens is 2. The summed E-state index contributed by atoms with van der Waals surface area (Å²) in [6, 6.07) is 10.9. The molecule has 0 unspecified atom stereocenters. The van der Waals surface area contributed by atoms with Crippen molar-refractivity contribution < 1.29 is 27.5 Å². The molecule has 6 aromatic rings. The lowest BCUT2D eigenvalue weighted by Crippen LogP contribution is -2.42. The zero-order valence-corrected chi connectivity index (χ0v) is 26.3. The van der Waals surface area contributed by atoms with Crippen molar-refractivity contribution in [1.82, 2.24) is 29.4 Å². The molecule has 0 N–H and O–H groups in total. The predicted octanol–water partition coefficient (Wildman–Crippen LogP) is 6.87. The summed E-state index contributed by atoms with van der Waals surface area (Å²) in [5, 5.41) is 11.0. The number of aryl methyl sites for hydroxylation is 1. The van der Waals surface area contributed by atoms with Gasteiger partial charge in [0.25, 0.3) is 0 Å². The molecule has 1 aliphatic heterocycles. The number of carbonyl (C=O) groups excluding carboxylic acids is 1. The van der Waals surface area contributed by atoms with Crippen LogP contribution in [0.25, 0.3) is 55.6 Å². The maximum absolute atomic E-state index is 16.1. The van der Waals surface area contributed by atoms with Crippen LogP contribution < -0.4 is 4.74 Å². The molecule has 12 heteroatoms. The number of pyridine rings is 1. The van der Waals surface area contributed by atoms with E-state index in [-0.39, 0.29) is 42.5 Å². The molecule has 0 aliphatic carbocycles. The minimum absolute atomic E-state index is 0.0126. The van der Waals surface area contributed by atoms with Gasteiger partial charge in [0.05, 0.1) is 41.7 Å². The summed E-state index contributed by atoms with van der Waals surface area (Å²) in [6.45, 7) is 8.26. The molecule has 2 atom stereocenters. The summed E-state index contributed by atoms with van der Waals surface area (Å²) in [5.74, 6) is -1.82. The molecule has 7 rings (SSSR count). The van der Waals surface area contributed by atoms with E-state index in [1.165, 1.54) is 19.4 Å². The number of furan rings is 1. The topological polar surface area (TPSA) is 100 Å². The van der Waals surface area contributed by atoms with Crippen LogP contribution in [0.5, 0.6) is 5.75 Å². The molecule has 2 aromatic carbocycles. The summed E-state index contributed by atoms with van der Waals surface area (Å²) >= 11 is 0. The third kappa shape index (κ3) is 5.14. The van der Waals surface area contributed by atoms with E-state index in [1.54, 1.807) is 15.6 Å². The molecular formula is C35H32F2N6O4. The van der Waals surface area contributed by atoms with Gasteiger partial charge in [-0.15, -0.1) is 0 Å². The molecule has 0 spiro atoms. The fourth-order valence-corrected chi connectivity index (χ4v) is 6.37. The van der Waals surface area contributed by atoms with Crippen molar-refractivity contribution >= 4 is 27.8 Å². The van der Waals surface area contributed by atoms with Crippen LogP contribution in [0, 0.1) is 11.6 Å². The van der Waals surface area contributed by atoms with Crippen molar-refractivity contribution in [3.63, 3.8) is 0 Å². The van der Waals surface area contributed by atoms with Crippen molar-refractivity contribution in [3.05, 3.63) is 84.9 Å². The van der Waals surface area contributed by atoms with E-state index in [0.717, 1.165) is 34.3 Å². The average Bonchev–Trinajstić information content (AvgIpc) is 3.80. The Morgan fingerprint density at radius 2 is 1.91 bits per heavy atom. The fraction of sp³-hybridized carbons (Fsp3) is 0.257. The summed E-state index contributed by atoms with van der Waals surface area (Å²) in [4.78, 5) is 19.6. The van der Waals surface area contributed by atoms with E-state index in [9.17, 15) is 9.18 Å². The Bertz CT molecular complexity index is 2180. The van der Waals surface area contributed by atoms with Crippen LogP contribution >= 0.6 is 0 Å². The maximum atomic E-state index is 16.1. The van der Waals surface area contributed by atoms with Gasteiger partial charge in [0.1, 0.15) is 41.1 Å². The Kier molecular flexibility index (Phi) is 7.59. The lowest BCUT2D eigenvalue weighted by atomic mass is 9.94. The number of nitrogens with zero attached hydrogens (tertiary/aromatic N) is 6. The van der Waals surface area contributed by atoms with E-state index >= 15 is 4.39 Å². The molecule has 0 fully saturated rings. The predicted molar refractivity (Wildman–Crippen MR) is 173 cm³/mol. The number of hydrogen-bond acceptors (Lipinski definition) is 7. The van der Waals surface area contributed by atoms with Gasteiger partial charge < -0.3 is 18.8 Å². The quantitative estimate of drug-likeness (QED) is 0.133. The van der Waals surface area contributed by atoms with E-state index in [1.807, 2.05) is 56.0 Å². The number of benzene rings is 2. The molecule has 0 bridgehead atoms. The lowest BCUT2D eigenvalue weighted by molar-refractivity contribution is -0.129. The zero-order valence-electron chi connectivity index (χ0n) is 26.3. The standard InChI is InChI=1S/C35H32F2N6O4/c1-6-30(44)42-17-19(2)43-28(20(42)3)16-27(40-43)34-31(32-25(37)14-23(36)15-29(32)46-12-11-45-5)24-9-10-47-35(24)33(38-34)21-7-8-22-18-41(4)39-26(22)13-21/h6-10,13-16,18-20H,1,11-12,17H2,2-5H3/t19-,20+/m0/s1. The highest BCUT2D eigenvalue weighted by Gasteiger charge is 2.34. The summed E-state index contributed by atoms with van der Waals surface area (Å²) in [6.07, 6.45) is 4.73. The molecule has 4 aromatic heterocycles. The smallest absolute Gasteiger partial charge is 0.246 e. The molecule has 1 amide bonds. The van der Waals surface area contributed by atoms with Gasteiger partial charge >= 0.3 is 0 Å². The van der Waals surface area contributed by atoms with Crippen molar-refractivity contribution in [2.45, 2.75) is 25.9 Å². The molecule has 10 nitrogen and oxygen atoms in total. The average molecular weight is 639 g/mol. The Morgan fingerprint density at radius 1 is 1.09 bits per heavy atom. The van der Waals surface area contributed by atoms with Gasteiger partial charge in [0, 0.05) is 60.9 Å². The number of hydrogen-bond donors (Lipinski definition) is 0. The molecule has 1 aliphatic rings. The van der Waals surface area contributed by atoms with Crippen LogP contribution in [0.1, 0.15) is 31.6 Å². The number of ether oxygens (including phenoxy) is 2. The molecule has 0 radical (unpaired) electrons. The highest BCUT2D eigenvalue weighted by atomic mass is 19.1.